The highest BCUT2D eigenvalue weighted by atomic mass is 35.5. The van der Waals surface area contributed by atoms with Crippen LogP contribution in [0.3, 0.4) is 0 Å². The van der Waals surface area contributed by atoms with Crippen molar-refractivity contribution in [2.24, 2.45) is 0 Å². The van der Waals surface area contributed by atoms with Gasteiger partial charge in [-0.25, -0.2) is 9.69 Å². The highest BCUT2D eigenvalue weighted by molar-refractivity contribution is 6.36. The van der Waals surface area contributed by atoms with Gasteiger partial charge in [0.25, 0.3) is 5.91 Å². The predicted molar refractivity (Wildman–Crippen MR) is 138 cm³/mol. The summed E-state index contributed by atoms with van der Waals surface area (Å²) in [6.07, 6.45) is 3.20. The van der Waals surface area contributed by atoms with Crippen LogP contribution in [0.4, 0.5) is 5.69 Å². The minimum Gasteiger partial charge on any atom is -0.480 e. The summed E-state index contributed by atoms with van der Waals surface area (Å²) in [6, 6.07) is 10.1. The largest absolute Gasteiger partial charge is 0.480 e. The fraction of sp³-hybridized carbons (Fsp3) is 0.292. The number of aliphatic carboxylic acids is 1. The van der Waals surface area contributed by atoms with Crippen molar-refractivity contribution in [2.45, 2.75) is 26.2 Å². The monoisotopic (exact) mass is 535 g/mol. The molecule has 184 valence electrons. The van der Waals surface area contributed by atoms with Crippen molar-refractivity contribution in [3.05, 3.63) is 62.7 Å². The molecule has 0 aliphatic carbocycles. The van der Waals surface area contributed by atoms with Crippen LogP contribution < -0.4 is 10.7 Å². The van der Waals surface area contributed by atoms with Crippen molar-refractivity contribution >= 4 is 52.4 Å². The first kappa shape index (κ1) is 25.3. The fourth-order valence-electron chi connectivity index (χ4n) is 4.05. The summed E-state index contributed by atoms with van der Waals surface area (Å²) in [5.41, 5.74) is 6.13. The molecule has 11 heteroatoms. The maximum absolute atomic E-state index is 13.2. The summed E-state index contributed by atoms with van der Waals surface area (Å²) in [4.78, 5) is 24.1. The molecule has 1 aliphatic rings. The van der Waals surface area contributed by atoms with E-state index in [-0.39, 0.29) is 18.1 Å². The Balaban J connectivity index is 1.79. The molecule has 3 N–H and O–H groups in total. The quantitative estimate of drug-likeness (QED) is 0.372. The van der Waals surface area contributed by atoms with Crippen molar-refractivity contribution < 1.29 is 14.7 Å². The smallest absolute Gasteiger partial charge is 0.322 e. The number of rotatable bonds is 7. The first-order valence-corrected chi connectivity index (χ1v) is 12.2. The number of carbonyl (C=O) groups excluding carboxylic acids is 1. The minimum absolute atomic E-state index is 0.242. The lowest BCUT2D eigenvalue weighted by Gasteiger charge is -2.26. The number of benzene rings is 2. The molecular weight excluding hydrogens is 513 g/mol. The van der Waals surface area contributed by atoms with Crippen LogP contribution in [0, 0.1) is 6.92 Å². The molecule has 0 saturated carbocycles. The third-order valence-electron chi connectivity index (χ3n) is 5.76. The first-order valence-electron chi connectivity index (χ1n) is 11.1. The summed E-state index contributed by atoms with van der Waals surface area (Å²) in [5.74, 6) is -1.30. The number of hydrogen-bond acceptors (Lipinski definition) is 5. The molecule has 0 radical (unpaired) electrons. The number of anilines is 1. The van der Waals surface area contributed by atoms with Crippen LogP contribution in [0.2, 0.25) is 15.1 Å². The zero-order valence-electron chi connectivity index (χ0n) is 18.9. The van der Waals surface area contributed by atoms with Gasteiger partial charge >= 0.3 is 5.97 Å². The molecule has 1 saturated heterocycles. The molecule has 1 amide bonds. The van der Waals surface area contributed by atoms with Gasteiger partial charge in [0.05, 0.1) is 21.4 Å². The third kappa shape index (κ3) is 5.73. The van der Waals surface area contributed by atoms with Crippen molar-refractivity contribution in [3.63, 3.8) is 0 Å². The molecular formula is C24H24Cl3N5O3. The lowest BCUT2D eigenvalue weighted by Crippen LogP contribution is -2.45. The number of carbonyl (C=O) groups is 2. The Morgan fingerprint density at radius 2 is 1.77 bits per heavy atom. The fourth-order valence-corrected chi connectivity index (χ4v) is 4.81. The highest BCUT2D eigenvalue weighted by Gasteiger charge is 2.26. The van der Waals surface area contributed by atoms with Crippen LogP contribution in [-0.4, -0.2) is 51.4 Å². The molecule has 35 heavy (non-hydrogen) atoms. The number of halogens is 3. The van der Waals surface area contributed by atoms with Crippen LogP contribution in [-0.2, 0) is 4.79 Å². The average molecular weight is 537 g/mol. The van der Waals surface area contributed by atoms with Crippen molar-refractivity contribution in [2.75, 3.05) is 25.0 Å². The molecule has 0 unspecified atom stereocenters. The van der Waals surface area contributed by atoms with E-state index in [1.54, 1.807) is 48.0 Å². The van der Waals surface area contributed by atoms with E-state index in [1.807, 2.05) is 5.01 Å². The molecule has 3 aromatic rings. The number of nitrogens with one attached hydrogen (secondary N) is 2. The number of amides is 1. The van der Waals surface area contributed by atoms with E-state index >= 15 is 0 Å². The van der Waals surface area contributed by atoms with Gasteiger partial charge < -0.3 is 10.4 Å². The second-order valence-electron chi connectivity index (χ2n) is 8.26. The van der Waals surface area contributed by atoms with E-state index in [0.29, 0.717) is 43.3 Å². The highest BCUT2D eigenvalue weighted by Crippen LogP contribution is 2.37. The van der Waals surface area contributed by atoms with E-state index in [1.165, 1.54) is 0 Å². The summed E-state index contributed by atoms with van der Waals surface area (Å²) in [6.45, 7) is 3.14. The van der Waals surface area contributed by atoms with Crippen LogP contribution >= 0.6 is 34.8 Å². The van der Waals surface area contributed by atoms with Crippen molar-refractivity contribution in [1.82, 2.24) is 20.2 Å². The molecule has 8 nitrogen and oxygen atoms in total. The second kappa shape index (κ2) is 10.9. The molecule has 0 spiro atoms. The number of carboxylic acids is 1. The third-order valence-corrected chi connectivity index (χ3v) is 6.61. The minimum atomic E-state index is -0.985. The maximum atomic E-state index is 13.2. The molecule has 0 bridgehead atoms. The van der Waals surface area contributed by atoms with Gasteiger partial charge in [-0.15, -0.1) is 0 Å². The van der Waals surface area contributed by atoms with E-state index in [0.717, 1.165) is 32.4 Å². The van der Waals surface area contributed by atoms with Crippen molar-refractivity contribution in [1.29, 1.82) is 0 Å². The van der Waals surface area contributed by atoms with E-state index in [4.69, 9.17) is 39.9 Å². The number of hydrogen-bond donors (Lipinski definition) is 3. The van der Waals surface area contributed by atoms with Gasteiger partial charge in [0.2, 0.25) is 0 Å². The Labute approximate surface area is 217 Å². The summed E-state index contributed by atoms with van der Waals surface area (Å²) in [7, 11) is 0. The SMILES string of the molecule is Cc1c(C(=O)NN2CCCCC2)nn(-c2ccc(Cl)cc2Cl)c1-c1ccc(NCC(=O)O)cc1Cl. The van der Waals surface area contributed by atoms with Crippen LogP contribution in [0.1, 0.15) is 35.3 Å². The van der Waals surface area contributed by atoms with Crippen LogP contribution in [0.15, 0.2) is 36.4 Å². The number of nitrogens with zero attached hydrogens (tertiary/aromatic N) is 3. The van der Waals surface area contributed by atoms with Gasteiger partial charge in [-0.1, -0.05) is 41.2 Å². The number of hydrazine groups is 1. The Morgan fingerprint density at radius 1 is 1.03 bits per heavy atom. The Kier molecular flexibility index (Phi) is 7.86. The molecule has 2 aromatic carbocycles. The number of carboxylic acid groups (broad SMARTS) is 1. The van der Waals surface area contributed by atoms with Crippen LogP contribution in [0.25, 0.3) is 16.9 Å². The molecule has 1 aromatic heterocycles. The topological polar surface area (TPSA) is 99.5 Å². The van der Waals surface area contributed by atoms with Gasteiger partial charge in [-0.3, -0.25) is 15.0 Å². The predicted octanol–water partition coefficient (Wildman–Crippen LogP) is 5.44. The molecule has 1 fully saturated rings. The lowest BCUT2D eigenvalue weighted by atomic mass is 10.1. The van der Waals surface area contributed by atoms with Crippen molar-refractivity contribution in [3.8, 4) is 16.9 Å². The average Bonchev–Trinajstić information content (AvgIpc) is 3.15. The zero-order chi connectivity index (χ0) is 25.1. The van der Waals surface area contributed by atoms with Crippen LogP contribution in [0.5, 0.6) is 0 Å². The Morgan fingerprint density at radius 3 is 2.43 bits per heavy atom. The van der Waals surface area contributed by atoms with Gasteiger partial charge in [0, 0.05) is 34.9 Å². The molecule has 1 aliphatic heterocycles. The normalized spacial score (nSPS) is 14.1. The molecule has 4 rings (SSSR count). The second-order valence-corrected chi connectivity index (χ2v) is 9.51. The summed E-state index contributed by atoms with van der Waals surface area (Å²) < 4.78 is 1.59. The van der Waals surface area contributed by atoms with Gasteiger partial charge in [0.1, 0.15) is 6.54 Å². The Bertz CT molecular complexity index is 1270. The number of piperidine rings is 1. The maximum Gasteiger partial charge on any atom is 0.322 e. The molecule has 0 atom stereocenters. The van der Waals surface area contributed by atoms with Gasteiger partial charge in [-0.05, 0) is 56.2 Å². The lowest BCUT2D eigenvalue weighted by molar-refractivity contribution is -0.134. The van der Waals surface area contributed by atoms with E-state index < -0.39 is 5.97 Å². The van der Waals surface area contributed by atoms with Gasteiger partial charge in [-0.2, -0.15) is 5.10 Å². The summed E-state index contributed by atoms with van der Waals surface area (Å²) >= 11 is 19.2. The van der Waals surface area contributed by atoms with Gasteiger partial charge in [0.15, 0.2) is 5.69 Å². The summed E-state index contributed by atoms with van der Waals surface area (Å²) in [5, 5.41) is 19.5. The van der Waals surface area contributed by atoms with E-state index in [2.05, 4.69) is 15.8 Å². The zero-order valence-corrected chi connectivity index (χ0v) is 21.2. The Hall–Kier alpha value is -2.78. The first-order chi connectivity index (χ1) is 16.7. The standard InChI is InChI=1S/C24H24Cl3N5O3/c1-14-22(24(35)30-31-9-3-2-4-10-31)29-32(20-8-5-15(25)11-19(20)27)23(14)17-7-6-16(12-18(17)26)28-13-21(33)34/h5-8,11-12,28H,2-4,9-10,13H2,1H3,(H,30,35)(H,33,34). The van der Waals surface area contributed by atoms with E-state index in [9.17, 15) is 9.59 Å². The molecule has 2 heterocycles. The number of aromatic nitrogens is 2.